The van der Waals surface area contributed by atoms with Crippen molar-refractivity contribution in [3.05, 3.63) is 40.4 Å². The van der Waals surface area contributed by atoms with Gasteiger partial charge in [-0.2, -0.15) is 0 Å². The van der Waals surface area contributed by atoms with Crippen molar-refractivity contribution in [1.29, 1.82) is 0 Å². The van der Waals surface area contributed by atoms with Crippen molar-refractivity contribution in [2.24, 2.45) is 0 Å². The number of rotatable bonds is 3. The normalized spacial score (nSPS) is 17.2. The molecule has 0 radical (unpaired) electrons. The van der Waals surface area contributed by atoms with E-state index in [9.17, 15) is 4.79 Å². The van der Waals surface area contributed by atoms with Crippen molar-refractivity contribution in [3.8, 4) is 0 Å². The van der Waals surface area contributed by atoms with Crippen molar-refractivity contribution in [2.75, 3.05) is 0 Å². The van der Waals surface area contributed by atoms with E-state index in [1.54, 1.807) is 6.07 Å². The van der Waals surface area contributed by atoms with Crippen molar-refractivity contribution < 1.29 is 0 Å². The zero-order chi connectivity index (χ0) is 11.9. The third-order valence-corrected chi connectivity index (χ3v) is 3.34. The number of nitrogens with one attached hydrogen (secondary N) is 2. The molecule has 2 N–H and O–H groups in total. The molecular weight excluding hydrogens is 214 g/mol. The molecule has 0 saturated heterocycles. The summed E-state index contributed by atoms with van der Waals surface area (Å²) in [7, 11) is 0. The Balaban J connectivity index is 1.92. The van der Waals surface area contributed by atoms with Gasteiger partial charge in [-0.05, 0) is 31.9 Å². The Bertz CT molecular complexity index is 613. The van der Waals surface area contributed by atoms with Crippen molar-refractivity contribution >= 4 is 10.9 Å². The third kappa shape index (κ3) is 2.08. The number of hydrogen-bond acceptors (Lipinski definition) is 3. The Morgan fingerprint density at radius 2 is 2.18 bits per heavy atom. The van der Waals surface area contributed by atoms with E-state index in [1.165, 1.54) is 12.8 Å². The van der Waals surface area contributed by atoms with Gasteiger partial charge in [0.05, 0.1) is 17.4 Å². The van der Waals surface area contributed by atoms with Gasteiger partial charge in [0.25, 0.3) is 5.56 Å². The molecule has 1 aromatic heterocycles. The van der Waals surface area contributed by atoms with Gasteiger partial charge in [-0.1, -0.05) is 12.1 Å². The van der Waals surface area contributed by atoms with Crippen molar-refractivity contribution in [3.63, 3.8) is 0 Å². The molecule has 1 saturated carbocycles. The molecule has 4 heteroatoms. The van der Waals surface area contributed by atoms with Gasteiger partial charge in [-0.25, -0.2) is 4.98 Å². The average Bonchev–Trinajstić information content (AvgIpc) is 3.06. The Morgan fingerprint density at radius 1 is 1.41 bits per heavy atom. The first-order valence-electron chi connectivity index (χ1n) is 5.89. The molecule has 3 rings (SSSR count). The highest BCUT2D eigenvalue weighted by Crippen LogP contribution is 2.34. The lowest BCUT2D eigenvalue weighted by Gasteiger charge is -2.10. The van der Waals surface area contributed by atoms with Gasteiger partial charge in [0.15, 0.2) is 0 Å². The third-order valence-electron chi connectivity index (χ3n) is 3.34. The first kappa shape index (κ1) is 10.5. The smallest absolute Gasteiger partial charge is 0.258 e. The highest BCUT2D eigenvalue weighted by molar-refractivity contribution is 5.77. The monoisotopic (exact) mass is 229 g/mol. The number of aromatic amines is 1. The van der Waals surface area contributed by atoms with Gasteiger partial charge in [0.2, 0.25) is 0 Å². The molecule has 1 aliphatic rings. The molecule has 88 valence electrons. The maximum atomic E-state index is 11.8. The van der Waals surface area contributed by atoms with E-state index in [-0.39, 0.29) is 11.1 Å². The largest absolute Gasteiger partial charge is 0.309 e. The molecule has 1 aromatic carbocycles. The van der Waals surface area contributed by atoms with Crippen LogP contribution in [0, 0.1) is 0 Å². The van der Waals surface area contributed by atoms with Crippen LogP contribution < -0.4 is 10.9 Å². The summed E-state index contributed by atoms with van der Waals surface area (Å²) in [5.41, 5.74) is 0.951. The molecule has 2 aromatic rings. The summed E-state index contributed by atoms with van der Waals surface area (Å²) >= 11 is 0. The van der Waals surface area contributed by atoms with Gasteiger partial charge in [0, 0.05) is 5.54 Å². The van der Waals surface area contributed by atoms with Gasteiger partial charge in [-0.15, -0.1) is 0 Å². The van der Waals surface area contributed by atoms with Crippen LogP contribution in [0.2, 0.25) is 0 Å². The molecule has 1 aliphatic carbocycles. The van der Waals surface area contributed by atoms with Crippen LogP contribution >= 0.6 is 0 Å². The van der Waals surface area contributed by atoms with Crippen LogP contribution in [0.3, 0.4) is 0 Å². The zero-order valence-electron chi connectivity index (χ0n) is 9.79. The summed E-state index contributed by atoms with van der Waals surface area (Å²) in [6, 6.07) is 7.41. The zero-order valence-corrected chi connectivity index (χ0v) is 9.79. The quantitative estimate of drug-likeness (QED) is 0.839. The maximum Gasteiger partial charge on any atom is 0.258 e. The van der Waals surface area contributed by atoms with E-state index < -0.39 is 0 Å². The molecule has 0 amide bonds. The molecule has 0 unspecified atom stereocenters. The van der Waals surface area contributed by atoms with E-state index in [4.69, 9.17) is 0 Å². The number of para-hydroxylation sites is 1. The van der Waals surface area contributed by atoms with Crippen molar-refractivity contribution in [2.45, 2.75) is 31.8 Å². The number of hydrogen-bond donors (Lipinski definition) is 2. The van der Waals surface area contributed by atoms with Crippen LogP contribution in [0.1, 0.15) is 25.6 Å². The summed E-state index contributed by atoms with van der Waals surface area (Å²) in [4.78, 5) is 19.1. The standard InChI is InChI=1S/C13H15N3O/c1-13(6-7-13)14-8-11-15-10-5-3-2-4-9(10)12(17)16-11/h2-5,14H,6-8H2,1H3,(H,15,16,17). The average molecular weight is 229 g/mol. The lowest BCUT2D eigenvalue weighted by atomic mass is 10.2. The highest BCUT2D eigenvalue weighted by atomic mass is 16.1. The topological polar surface area (TPSA) is 57.8 Å². The molecule has 0 atom stereocenters. The predicted molar refractivity (Wildman–Crippen MR) is 66.8 cm³/mol. The fraction of sp³-hybridized carbons (Fsp3) is 0.385. The summed E-state index contributed by atoms with van der Waals surface area (Å²) in [5.74, 6) is 0.710. The predicted octanol–water partition coefficient (Wildman–Crippen LogP) is 1.57. The van der Waals surface area contributed by atoms with Gasteiger partial charge < -0.3 is 10.3 Å². The molecule has 4 nitrogen and oxygen atoms in total. The van der Waals surface area contributed by atoms with Crippen LogP contribution in [0.5, 0.6) is 0 Å². The first-order chi connectivity index (χ1) is 8.16. The minimum absolute atomic E-state index is 0.0617. The van der Waals surface area contributed by atoms with Crippen LogP contribution in [-0.4, -0.2) is 15.5 Å². The summed E-state index contributed by atoms with van der Waals surface area (Å²) in [6.45, 7) is 2.81. The van der Waals surface area contributed by atoms with Crippen LogP contribution in [0.4, 0.5) is 0 Å². The first-order valence-corrected chi connectivity index (χ1v) is 5.89. The second kappa shape index (κ2) is 3.67. The Hall–Kier alpha value is -1.68. The summed E-state index contributed by atoms with van der Waals surface area (Å²) in [5, 5.41) is 4.06. The second-order valence-corrected chi connectivity index (χ2v) is 4.94. The molecule has 0 spiro atoms. The molecular formula is C13H15N3O. The Kier molecular flexibility index (Phi) is 2.26. The Labute approximate surface area is 99.1 Å². The van der Waals surface area contributed by atoms with E-state index in [2.05, 4.69) is 22.2 Å². The molecule has 17 heavy (non-hydrogen) atoms. The molecule has 1 heterocycles. The number of H-pyrrole nitrogens is 1. The second-order valence-electron chi connectivity index (χ2n) is 4.94. The molecule has 1 fully saturated rings. The molecule has 0 aliphatic heterocycles. The fourth-order valence-electron chi connectivity index (χ4n) is 1.88. The lowest BCUT2D eigenvalue weighted by Crippen LogP contribution is -2.29. The fourth-order valence-corrected chi connectivity index (χ4v) is 1.88. The number of aromatic nitrogens is 2. The maximum absolute atomic E-state index is 11.8. The van der Waals surface area contributed by atoms with Gasteiger partial charge in [-0.3, -0.25) is 4.79 Å². The van der Waals surface area contributed by atoms with E-state index >= 15 is 0 Å². The number of benzene rings is 1. The van der Waals surface area contributed by atoms with Gasteiger partial charge in [0.1, 0.15) is 5.82 Å². The highest BCUT2D eigenvalue weighted by Gasteiger charge is 2.36. The number of fused-ring (bicyclic) bond motifs is 1. The summed E-state index contributed by atoms with van der Waals surface area (Å²) in [6.07, 6.45) is 2.40. The summed E-state index contributed by atoms with van der Waals surface area (Å²) < 4.78 is 0. The van der Waals surface area contributed by atoms with E-state index in [0.29, 0.717) is 17.8 Å². The lowest BCUT2D eigenvalue weighted by molar-refractivity contribution is 0.525. The Morgan fingerprint density at radius 3 is 2.94 bits per heavy atom. The van der Waals surface area contributed by atoms with Crippen LogP contribution in [0.25, 0.3) is 10.9 Å². The molecule has 0 bridgehead atoms. The SMILES string of the molecule is CC1(NCc2nc3ccccc3c(=O)[nH]2)CC1. The van der Waals surface area contributed by atoms with Gasteiger partial charge >= 0.3 is 0 Å². The van der Waals surface area contributed by atoms with Crippen molar-refractivity contribution in [1.82, 2.24) is 15.3 Å². The minimum Gasteiger partial charge on any atom is -0.309 e. The number of nitrogens with zero attached hydrogens (tertiary/aromatic N) is 1. The van der Waals surface area contributed by atoms with E-state index in [0.717, 1.165) is 5.52 Å². The minimum atomic E-state index is -0.0617. The van der Waals surface area contributed by atoms with Crippen LogP contribution in [0.15, 0.2) is 29.1 Å². The van der Waals surface area contributed by atoms with E-state index in [1.807, 2.05) is 18.2 Å². The van der Waals surface area contributed by atoms with Crippen LogP contribution in [-0.2, 0) is 6.54 Å².